The van der Waals surface area contributed by atoms with E-state index in [1.807, 2.05) is 31.2 Å². The number of hydrogen-bond acceptors (Lipinski definition) is 2. The monoisotopic (exact) mass is 266 g/mol. The molecule has 0 N–H and O–H groups in total. The van der Waals surface area contributed by atoms with Crippen molar-refractivity contribution in [1.29, 1.82) is 0 Å². The summed E-state index contributed by atoms with van der Waals surface area (Å²) in [4.78, 5) is 0. The Hall–Kier alpha value is -1.22. The summed E-state index contributed by atoms with van der Waals surface area (Å²) in [6, 6.07) is 7.70. The molecule has 0 radical (unpaired) electrons. The molecule has 0 atom stereocenters. The first kappa shape index (κ1) is 10.3. The van der Waals surface area contributed by atoms with Crippen LogP contribution in [-0.4, -0.2) is 7.11 Å². The zero-order valence-corrected chi connectivity index (χ0v) is 10.2. The number of hydrogen-bond donors (Lipinski definition) is 0. The van der Waals surface area contributed by atoms with E-state index >= 15 is 0 Å². The molecule has 0 saturated carbocycles. The highest BCUT2D eigenvalue weighted by Crippen LogP contribution is 2.36. The minimum absolute atomic E-state index is 0.825. The molecule has 0 aliphatic rings. The second kappa shape index (κ2) is 4.11. The van der Waals surface area contributed by atoms with Gasteiger partial charge in [-0.2, -0.15) is 0 Å². The summed E-state index contributed by atoms with van der Waals surface area (Å²) < 4.78 is 11.8. The predicted molar refractivity (Wildman–Crippen MR) is 63.1 cm³/mol. The molecule has 15 heavy (non-hydrogen) atoms. The first-order valence-corrected chi connectivity index (χ1v) is 5.40. The first-order valence-electron chi connectivity index (χ1n) is 4.61. The van der Waals surface area contributed by atoms with Crippen LogP contribution in [-0.2, 0) is 0 Å². The Morgan fingerprint density at radius 1 is 1.27 bits per heavy atom. The van der Waals surface area contributed by atoms with Gasteiger partial charge < -0.3 is 9.15 Å². The summed E-state index contributed by atoms with van der Waals surface area (Å²) in [5.74, 6) is 1.65. The molecule has 78 valence electrons. The molecule has 2 nitrogen and oxygen atoms in total. The van der Waals surface area contributed by atoms with E-state index in [0.717, 1.165) is 27.1 Å². The normalized spacial score (nSPS) is 10.3. The van der Waals surface area contributed by atoms with Gasteiger partial charge in [0.05, 0.1) is 18.9 Å². The molecular formula is C12H11BrO2. The van der Waals surface area contributed by atoms with Crippen LogP contribution in [0.4, 0.5) is 0 Å². The molecule has 0 bridgehead atoms. The van der Waals surface area contributed by atoms with Gasteiger partial charge >= 0.3 is 0 Å². The Balaban J connectivity index is 2.67. The van der Waals surface area contributed by atoms with E-state index < -0.39 is 0 Å². The maximum Gasteiger partial charge on any atom is 0.137 e. The molecule has 0 aliphatic carbocycles. The lowest BCUT2D eigenvalue weighted by Gasteiger charge is -2.10. The number of furan rings is 1. The summed E-state index contributed by atoms with van der Waals surface area (Å²) in [6.07, 6.45) is 1.66. The molecule has 2 aromatic rings. The maximum atomic E-state index is 5.40. The third kappa shape index (κ3) is 1.79. The van der Waals surface area contributed by atoms with Gasteiger partial charge in [0.15, 0.2) is 0 Å². The van der Waals surface area contributed by atoms with E-state index in [0.29, 0.717) is 0 Å². The van der Waals surface area contributed by atoms with Gasteiger partial charge in [-0.1, -0.05) is 15.9 Å². The van der Waals surface area contributed by atoms with Crippen LogP contribution in [0.3, 0.4) is 0 Å². The van der Waals surface area contributed by atoms with Crippen molar-refractivity contribution in [2.45, 2.75) is 6.92 Å². The van der Waals surface area contributed by atoms with Gasteiger partial charge in [-0.25, -0.2) is 0 Å². The Bertz CT molecular complexity index is 461. The number of benzene rings is 1. The van der Waals surface area contributed by atoms with Gasteiger partial charge in [0.25, 0.3) is 0 Å². The average molecular weight is 267 g/mol. The van der Waals surface area contributed by atoms with E-state index in [1.165, 1.54) is 0 Å². The van der Waals surface area contributed by atoms with E-state index in [9.17, 15) is 0 Å². The van der Waals surface area contributed by atoms with Gasteiger partial charge in [-0.05, 0) is 36.8 Å². The largest absolute Gasteiger partial charge is 0.496 e. The van der Waals surface area contributed by atoms with Crippen LogP contribution < -0.4 is 4.74 Å². The lowest BCUT2D eigenvalue weighted by Crippen LogP contribution is -1.90. The number of rotatable bonds is 2. The van der Waals surface area contributed by atoms with Gasteiger partial charge in [0.1, 0.15) is 11.5 Å². The van der Waals surface area contributed by atoms with Gasteiger partial charge in [-0.3, -0.25) is 0 Å². The Kier molecular flexibility index (Phi) is 2.82. The molecule has 1 aromatic carbocycles. The van der Waals surface area contributed by atoms with Crippen LogP contribution in [0.5, 0.6) is 5.75 Å². The predicted octanol–water partition coefficient (Wildman–Crippen LogP) is 4.03. The van der Waals surface area contributed by atoms with Crippen molar-refractivity contribution in [2.24, 2.45) is 0 Å². The number of halogens is 1. The molecule has 0 spiro atoms. The van der Waals surface area contributed by atoms with Gasteiger partial charge in [0, 0.05) is 4.47 Å². The average Bonchev–Trinajstić information content (AvgIpc) is 2.75. The van der Waals surface area contributed by atoms with Gasteiger partial charge in [-0.15, -0.1) is 0 Å². The number of methoxy groups -OCH3 is 1. The summed E-state index contributed by atoms with van der Waals surface area (Å²) in [5, 5.41) is 0. The second-order valence-electron chi connectivity index (χ2n) is 3.23. The Morgan fingerprint density at radius 2 is 2.07 bits per heavy atom. The molecule has 0 aliphatic heterocycles. The Labute approximate surface area is 97.0 Å². The molecule has 1 aromatic heterocycles. The molecular weight excluding hydrogens is 256 g/mol. The second-order valence-corrected chi connectivity index (χ2v) is 4.08. The van der Waals surface area contributed by atoms with Crippen molar-refractivity contribution in [1.82, 2.24) is 0 Å². The first-order chi connectivity index (χ1) is 7.24. The van der Waals surface area contributed by atoms with E-state index in [4.69, 9.17) is 9.15 Å². The fourth-order valence-corrected chi connectivity index (χ4v) is 1.89. The minimum Gasteiger partial charge on any atom is -0.496 e. The Morgan fingerprint density at radius 3 is 2.67 bits per heavy atom. The quantitative estimate of drug-likeness (QED) is 0.819. The molecule has 0 unspecified atom stereocenters. The minimum atomic E-state index is 0.825. The van der Waals surface area contributed by atoms with Crippen LogP contribution in [0.2, 0.25) is 0 Å². The highest BCUT2D eigenvalue weighted by atomic mass is 79.9. The molecule has 1 heterocycles. The SMILES string of the molecule is COc1ccc(Br)c(C)c1-c1ccco1. The molecule has 0 amide bonds. The van der Waals surface area contributed by atoms with Crippen LogP contribution in [0.15, 0.2) is 39.4 Å². The zero-order valence-electron chi connectivity index (χ0n) is 8.58. The van der Waals surface area contributed by atoms with Gasteiger partial charge in [0.2, 0.25) is 0 Å². The summed E-state index contributed by atoms with van der Waals surface area (Å²) in [5.41, 5.74) is 2.11. The molecule has 0 saturated heterocycles. The van der Waals surface area contributed by atoms with E-state index in [1.54, 1.807) is 13.4 Å². The third-order valence-electron chi connectivity index (χ3n) is 2.35. The van der Waals surface area contributed by atoms with Crippen molar-refractivity contribution in [3.63, 3.8) is 0 Å². The van der Waals surface area contributed by atoms with Crippen molar-refractivity contribution in [2.75, 3.05) is 7.11 Å². The highest BCUT2D eigenvalue weighted by molar-refractivity contribution is 9.10. The molecule has 3 heteroatoms. The summed E-state index contributed by atoms with van der Waals surface area (Å²) >= 11 is 3.50. The fraction of sp³-hybridized carbons (Fsp3) is 0.167. The molecule has 2 rings (SSSR count). The van der Waals surface area contributed by atoms with Crippen LogP contribution in [0.1, 0.15) is 5.56 Å². The molecule has 0 fully saturated rings. The van der Waals surface area contributed by atoms with Crippen molar-refractivity contribution in [3.05, 3.63) is 40.6 Å². The zero-order chi connectivity index (χ0) is 10.8. The highest BCUT2D eigenvalue weighted by Gasteiger charge is 2.13. The number of ether oxygens (including phenoxy) is 1. The van der Waals surface area contributed by atoms with E-state index in [-0.39, 0.29) is 0 Å². The standard InChI is InChI=1S/C12H11BrO2/c1-8-9(13)5-6-10(14-2)12(8)11-4-3-7-15-11/h3-7H,1-2H3. The van der Waals surface area contributed by atoms with Crippen LogP contribution in [0, 0.1) is 6.92 Å². The van der Waals surface area contributed by atoms with Crippen LogP contribution in [0.25, 0.3) is 11.3 Å². The van der Waals surface area contributed by atoms with E-state index in [2.05, 4.69) is 15.9 Å². The van der Waals surface area contributed by atoms with Crippen LogP contribution >= 0.6 is 15.9 Å². The van der Waals surface area contributed by atoms with Crippen molar-refractivity contribution >= 4 is 15.9 Å². The third-order valence-corrected chi connectivity index (χ3v) is 3.21. The smallest absolute Gasteiger partial charge is 0.137 e. The lowest BCUT2D eigenvalue weighted by molar-refractivity contribution is 0.414. The lowest BCUT2D eigenvalue weighted by atomic mass is 10.1. The topological polar surface area (TPSA) is 22.4 Å². The summed E-state index contributed by atoms with van der Waals surface area (Å²) in [6.45, 7) is 2.03. The fourth-order valence-electron chi connectivity index (χ4n) is 1.56. The maximum absolute atomic E-state index is 5.40. The summed E-state index contributed by atoms with van der Waals surface area (Å²) in [7, 11) is 1.66. The van der Waals surface area contributed by atoms with Crippen molar-refractivity contribution in [3.8, 4) is 17.1 Å². The van der Waals surface area contributed by atoms with Crippen molar-refractivity contribution < 1.29 is 9.15 Å².